The van der Waals surface area contributed by atoms with E-state index >= 15 is 0 Å². The van der Waals surface area contributed by atoms with Crippen molar-refractivity contribution in [3.8, 4) is 28.4 Å². The molecule has 7 rings (SSSR count). The number of nitrogens with one attached hydrogen (secondary N) is 3. The van der Waals surface area contributed by atoms with E-state index in [-0.39, 0.29) is 6.10 Å². The Labute approximate surface area is 220 Å². The van der Waals surface area contributed by atoms with Crippen LogP contribution < -0.4 is 15.0 Å². The maximum atomic E-state index is 6.23. The molecule has 0 unspecified atom stereocenters. The van der Waals surface area contributed by atoms with Crippen molar-refractivity contribution in [2.75, 3.05) is 51.2 Å². The zero-order valence-electron chi connectivity index (χ0n) is 21.4. The molecule has 5 aromatic rings. The molecule has 38 heavy (non-hydrogen) atoms. The van der Waals surface area contributed by atoms with Crippen LogP contribution in [-0.4, -0.2) is 87.5 Å². The average Bonchev–Trinajstić information content (AvgIpc) is 3.58. The number of anilines is 1. The average molecular weight is 510 g/mol. The van der Waals surface area contributed by atoms with E-state index in [1.807, 2.05) is 12.4 Å². The van der Waals surface area contributed by atoms with Crippen LogP contribution in [-0.2, 0) is 0 Å². The number of aromatic nitrogens is 6. The van der Waals surface area contributed by atoms with E-state index < -0.39 is 0 Å². The third-order valence-corrected chi connectivity index (χ3v) is 7.63. The third-order valence-electron chi connectivity index (χ3n) is 7.63. The van der Waals surface area contributed by atoms with Gasteiger partial charge in [-0.2, -0.15) is 5.10 Å². The minimum atomic E-state index is 0.230. The summed E-state index contributed by atoms with van der Waals surface area (Å²) >= 11 is 0. The van der Waals surface area contributed by atoms with Crippen LogP contribution in [0.5, 0.6) is 5.75 Å². The second-order valence-electron chi connectivity index (χ2n) is 10.2. The number of fused-ring (bicyclic) bond motifs is 2. The van der Waals surface area contributed by atoms with E-state index in [4.69, 9.17) is 9.72 Å². The first kappa shape index (κ1) is 23.1. The Hall–Kier alpha value is -4.02. The number of pyridine rings is 2. The van der Waals surface area contributed by atoms with E-state index in [9.17, 15) is 0 Å². The minimum Gasteiger partial charge on any atom is -0.489 e. The molecule has 0 saturated carbocycles. The monoisotopic (exact) mass is 509 g/mol. The molecule has 2 saturated heterocycles. The van der Waals surface area contributed by atoms with Crippen molar-refractivity contribution in [2.24, 2.45) is 0 Å². The van der Waals surface area contributed by atoms with E-state index in [0.717, 1.165) is 102 Å². The van der Waals surface area contributed by atoms with Gasteiger partial charge < -0.3 is 24.8 Å². The fourth-order valence-corrected chi connectivity index (χ4v) is 5.43. The predicted octanol–water partition coefficient (Wildman–Crippen LogP) is 3.45. The van der Waals surface area contributed by atoms with Crippen molar-refractivity contribution >= 4 is 27.8 Å². The molecule has 1 aromatic carbocycles. The summed E-state index contributed by atoms with van der Waals surface area (Å²) in [6.45, 7) is 6.00. The Morgan fingerprint density at radius 3 is 2.71 bits per heavy atom. The maximum absolute atomic E-state index is 6.23. The molecule has 0 atom stereocenters. The lowest BCUT2D eigenvalue weighted by Gasteiger charge is -2.33. The van der Waals surface area contributed by atoms with Crippen LogP contribution in [0.1, 0.15) is 12.8 Å². The summed E-state index contributed by atoms with van der Waals surface area (Å²) in [6, 6.07) is 10.4. The number of hydrogen-bond donors (Lipinski definition) is 3. The second kappa shape index (κ2) is 9.70. The molecule has 2 aliphatic heterocycles. The highest BCUT2D eigenvalue weighted by Gasteiger charge is 2.21. The summed E-state index contributed by atoms with van der Waals surface area (Å²) < 4.78 is 6.23. The summed E-state index contributed by atoms with van der Waals surface area (Å²) in [5, 5.41) is 12.2. The Balaban J connectivity index is 1.22. The topological polar surface area (TPSA) is 111 Å². The number of nitrogens with zero attached hydrogens (tertiary/aromatic N) is 6. The molecule has 194 valence electrons. The standard InChI is InChI=1S/C28H31N9O/c1-36-10-12-37(13-11-36)24-6-9-31-27-26(24)32-28(33-27)25-22-15-18(2-3-23(22)34-35-25)19-14-21(17-30-16-19)38-20-4-7-29-8-5-20/h2-3,6,9,14-17,20,29H,4-5,7-8,10-13H2,1H3,(H,34,35)(H,31,32,33). The summed E-state index contributed by atoms with van der Waals surface area (Å²) in [5.41, 5.74) is 6.56. The largest absolute Gasteiger partial charge is 0.489 e. The van der Waals surface area contributed by atoms with Crippen LogP contribution in [0.2, 0.25) is 0 Å². The van der Waals surface area contributed by atoms with Crippen molar-refractivity contribution in [1.29, 1.82) is 0 Å². The predicted molar refractivity (Wildman–Crippen MR) is 148 cm³/mol. The Bertz CT molecular complexity index is 1580. The fraction of sp³-hybridized carbons (Fsp3) is 0.357. The van der Waals surface area contributed by atoms with Crippen LogP contribution in [0.15, 0.2) is 48.9 Å². The number of piperidine rings is 1. The quantitative estimate of drug-likeness (QED) is 0.330. The molecule has 4 aromatic heterocycles. The first-order valence-electron chi connectivity index (χ1n) is 13.3. The molecular formula is C28H31N9O. The fourth-order valence-electron chi connectivity index (χ4n) is 5.43. The van der Waals surface area contributed by atoms with Gasteiger partial charge in [-0.15, -0.1) is 0 Å². The zero-order valence-corrected chi connectivity index (χ0v) is 21.4. The highest BCUT2D eigenvalue weighted by molar-refractivity contribution is 5.96. The molecule has 6 heterocycles. The van der Waals surface area contributed by atoms with Crippen molar-refractivity contribution < 1.29 is 4.74 Å². The van der Waals surface area contributed by atoms with E-state index in [1.165, 1.54) is 0 Å². The molecule has 2 fully saturated rings. The summed E-state index contributed by atoms with van der Waals surface area (Å²) in [4.78, 5) is 22.2. The van der Waals surface area contributed by atoms with Crippen molar-refractivity contribution in [3.05, 3.63) is 48.9 Å². The van der Waals surface area contributed by atoms with Gasteiger partial charge >= 0.3 is 0 Å². The van der Waals surface area contributed by atoms with Crippen LogP contribution in [0.3, 0.4) is 0 Å². The van der Waals surface area contributed by atoms with Crippen LogP contribution in [0.4, 0.5) is 5.69 Å². The van der Waals surface area contributed by atoms with E-state index in [0.29, 0.717) is 5.82 Å². The van der Waals surface area contributed by atoms with Gasteiger partial charge in [0.25, 0.3) is 0 Å². The highest BCUT2D eigenvalue weighted by atomic mass is 16.5. The van der Waals surface area contributed by atoms with Gasteiger partial charge in [-0.05, 0) is 62.8 Å². The molecule has 10 nitrogen and oxygen atoms in total. The third kappa shape index (κ3) is 4.35. The number of aromatic amines is 2. The Morgan fingerprint density at radius 1 is 0.974 bits per heavy atom. The van der Waals surface area contributed by atoms with Gasteiger partial charge in [0, 0.05) is 49.5 Å². The van der Waals surface area contributed by atoms with Crippen molar-refractivity contribution in [2.45, 2.75) is 18.9 Å². The summed E-state index contributed by atoms with van der Waals surface area (Å²) in [5.74, 6) is 1.51. The lowest BCUT2D eigenvalue weighted by Crippen LogP contribution is -2.44. The number of imidazole rings is 1. The van der Waals surface area contributed by atoms with Crippen molar-refractivity contribution in [3.63, 3.8) is 0 Å². The summed E-state index contributed by atoms with van der Waals surface area (Å²) in [7, 11) is 2.16. The van der Waals surface area contributed by atoms with Crippen LogP contribution in [0.25, 0.3) is 44.7 Å². The number of likely N-dealkylation sites (N-methyl/N-ethyl adjacent to an activating group) is 1. The SMILES string of the molecule is CN1CCN(c2ccnc3[nH]c(-c4n[nH]c5ccc(-c6cncc(OC7CCNCC7)c6)cc45)nc23)CC1. The second-order valence-corrected chi connectivity index (χ2v) is 10.2. The first-order chi connectivity index (χ1) is 18.7. The van der Waals surface area contributed by atoms with E-state index in [2.05, 4.69) is 77.6 Å². The molecule has 0 amide bonds. The molecule has 2 aliphatic rings. The molecule has 0 bridgehead atoms. The number of hydrogen-bond acceptors (Lipinski definition) is 8. The molecule has 3 N–H and O–H groups in total. The minimum absolute atomic E-state index is 0.230. The van der Waals surface area contributed by atoms with Crippen LogP contribution in [0, 0.1) is 0 Å². The smallest absolute Gasteiger partial charge is 0.161 e. The van der Waals surface area contributed by atoms with Gasteiger partial charge in [0.1, 0.15) is 23.1 Å². The van der Waals surface area contributed by atoms with Gasteiger partial charge in [0.15, 0.2) is 11.5 Å². The molecule has 0 aliphatic carbocycles. The van der Waals surface area contributed by atoms with Gasteiger partial charge in [-0.1, -0.05) is 6.07 Å². The lowest BCUT2D eigenvalue weighted by atomic mass is 10.0. The maximum Gasteiger partial charge on any atom is 0.161 e. The number of ether oxygens (including phenoxy) is 1. The zero-order chi connectivity index (χ0) is 25.5. The van der Waals surface area contributed by atoms with Gasteiger partial charge in [-0.3, -0.25) is 10.1 Å². The molecule has 0 radical (unpaired) electrons. The normalized spacial score (nSPS) is 17.4. The highest BCUT2D eigenvalue weighted by Crippen LogP contribution is 2.33. The number of benzene rings is 1. The Kier molecular flexibility index (Phi) is 5.90. The first-order valence-corrected chi connectivity index (χ1v) is 13.3. The number of H-pyrrole nitrogens is 2. The summed E-state index contributed by atoms with van der Waals surface area (Å²) in [6.07, 6.45) is 7.78. The molecule has 10 heteroatoms. The Morgan fingerprint density at radius 2 is 1.84 bits per heavy atom. The lowest BCUT2D eigenvalue weighted by molar-refractivity contribution is 0.162. The van der Waals surface area contributed by atoms with Gasteiger partial charge in [0.2, 0.25) is 0 Å². The van der Waals surface area contributed by atoms with E-state index in [1.54, 1.807) is 6.20 Å². The van der Waals surface area contributed by atoms with Crippen LogP contribution >= 0.6 is 0 Å². The molecular weight excluding hydrogens is 478 g/mol. The number of piperazine rings is 1. The number of rotatable bonds is 5. The van der Waals surface area contributed by atoms with Gasteiger partial charge in [0.05, 0.1) is 17.4 Å². The molecule has 0 spiro atoms. The van der Waals surface area contributed by atoms with Gasteiger partial charge in [-0.25, -0.2) is 9.97 Å². The van der Waals surface area contributed by atoms with Crippen molar-refractivity contribution in [1.82, 2.24) is 40.3 Å².